The van der Waals surface area contributed by atoms with Gasteiger partial charge >= 0.3 is 51.4 Å². The molecule has 8 nitrogen and oxygen atoms in total. The number of carboxylic acids is 1. The van der Waals surface area contributed by atoms with Crippen molar-refractivity contribution < 1.29 is 66.1 Å². The van der Waals surface area contributed by atoms with Crippen molar-refractivity contribution in [2.45, 2.75) is 39.5 Å². The average Bonchev–Trinajstić information content (AvgIpc) is 3.10. The molecule has 3 aromatic rings. The van der Waals surface area contributed by atoms with Gasteiger partial charge in [-0.05, 0) is 99.0 Å². The number of carboxylic acid groups (broad SMARTS) is 1. The van der Waals surface area contributed by atoms with Gasteiger partial charge in [0, 0.05) is 41.9 Å². The number of aliphatic carboxylic acids is 1. The van der Waals surface area contributed by atoms with E-state index in [9.17, 15) is 14.7 Å². The summed E-state index contributed by atoms with van der Waals surface area (Å²) >= 11 is 16.7. The first-order valence-corrected chi connectivity index (χ1v) is 12.4. The Bertz CT molecular complexity index is 1290. The molecule has 0 unspecified atom stereocenters. The van der Waals surface area contributed by atoms with Gasteiger partial charge in [-0.25, -0.2) is 0 Å². The van der Waals surface area contributed by atoms with Gasteiger partial charge in [0.25, 0.3) is 0 Å². The molecule has 0 spiro atoms. The minimum absolute atomic E-state index is 0. The van der Waals surface area contributed by atoms with Crippen molar-refractivity contribution in [3.05, 3.63) is 62.1 Å². The monoisotopic (exact) mass is 571 g/mol. The van der Waals surface area contributed by atoms with Crippen LogP contribution in [-0.2, 0) is 9.59 Å². The first kappa shape index (κ1) is 30.9. The van der Waals surface area contributed by atoms with Gasteiger partial charge in [0.2, 0.25) is 5.91 Å². The van der Waals surface area contributed by atoms with E-state index in [1.54, 1.807) is 16.7 Å². The normalized spacial score (nSPS) is 10.5. The van der Waals surface area contributed by atoms with Crippen LogP contribution < -0.4 is 66.7 Å². The fourth-order valence-corrected chi connectivity index (χ4v) is 4.95. The van der Waals surface area contributed by atoms with E-state index in [2.05, 4.69) is 20.4 Å². The molecule has 0 radical (unpaired) electrons. The Kier molecular flexibility index (Phi) is 12.5. The van der Waals surface area contributed by atoms with Crippen molar-refractivity contribution in [1.82, 2.24) is 14.8 Å². The number of hydrogen-bond acceptors (Lipinski definition) is 6. The zero-order valence-electron chi connectivity index (χ0n) is 20.5. The first-order valence-electron chi connectivity index (χ1n) is 11.2. The minimum Gasteiger partial charge on any atom is -0.550 e. The van der Waals surface area contributed by atoms with Gasteiger partial charge in [0.1, 0.15) is 0 Å². The van der Waals surface area contributed by atoms with Gasteiger partial charge in [-0.1, -0.05) is 17.7 Å². The second-order valence-corrected chi connectivity index (χ2v) is 9.46. The summed E-state index contributed by atoms with van der Waals surface area (Å²) < 4.78 is 2.54. The predicted molar refractivity (Wildman–Crippen MR) is 141 cm³/mol. The average molecular weight is 572 g/mol. The standard InChI is InChI=1S/C24H28ClN5O3S2.K/c1-15-12-17(25)13-16(2)22(15)29(11-5-9-21(32)33)10-4-8-20(31)26-18-6-3-7-19(14-18)30-23(34)27-28-24(30)35;/h3,6-7,12-14H,4-5,8-11H2,1-2H3,(H,26,31)(H,27,34)(H,28,35)(H,32,33);/q;+1/p-1. The fourth-order valence-electron chi connectivity index (χ4n) is 4.07. The van der Waals surface area contributed by atoms with Crippen molar-refractivity contribution in [1.29, 1.82) is 0 Å². The number of nitrogens with zero attached hydrogens (tertiary/aromatic N) is 2. The smallest absolute Gasteiger partial charge is 0.550 e. The van der Waals surface area contributed by atoms with Crippen LogP contribution in [0.2, 0.25) is 5.02 Å². The summed E-state index contributed by atoms with van der Waals surface area (Å²) in [7, 11) is 0. The second kappa shape index (κ2) is 14.6. The van der Waals surface area contributed by atoms with Gasteiger partial charge in [0.05, 0.1) is 5.69 Å². The first-order chi connectivity index (χ1) is 16.7. The molecule has 0 aliphatic rings. The molecule has 1 aromatic heterocycles. The number of amides is 1. The third-order valence-electron chi connectivity index (χ3n) is 5.48. The maximum Gasteiger partial charge on any atom is 1.00 e. The Hall–Kier alpha value is -1.31. The molecule has 0 saturated carbocycles. The molecule has 0 atom stereocenters. The zero-order chi connectivity index (χ0) is 25.5. The number of H-pyrrole nitrogens is 2. The van der Waals surface area contributed by atoms with Crippen LogP contribution >= 0.6 is 36.0 Å². The molecular weight excluding hydrogens is 545 g/mol. The topological polar surface area (TPSA) is 109 Å². The summed E-state index contributed by atoms with van der Waals surface area (Å²) in [4.78, 5) is 25.7. The third-order valence-corrected chi connectivity index (χ3v) is 6.27. The van der Waals surface area contributed by atoms with E-state index in [4.69, 9.17) is 36.0 Å². The summed E-state index contributed by atoms with van der Waals surface area (Å²) in [6.07, 6.45) is 1.32. The second-order valence-electron chi connectivity index (χ2n) is 8.25. The van der Waals surface area contributed by atoms with Crippen molar-refractivity contribution >= 4 is 59.3 Å². The molecule has 1 amide bonds. The van der Waals surface area contributed by atoms with Crippen LogP contribution in [0.4, 0.5) is 11.4 Å². The third kappa shape index (κ3) is 8.62. The number of hydrogen-bond donors (Lipinski definition) is 3. The number of nitrogens with one attached hydrogen (secondary N) is 3. The summed E-state index contributed by atoms with van der Waals surface area (Å²) in [6.45, 7) is 5.08. The van der Waals surface area contributed by atoms with E-state index in [0.717, 1.165) is 22.5 Å². The van der Waals surface area contributed by atoms with Gasteiger partial charge in [0.15, 0.2) is 9.54 Å². The van der Waals surface area contributed by atoms with E-state index < -0.39 is 5.97 Å². The van der Waals surface area contributed by atoms with E-state index in [0.29, 0.717) is 52.6 Å². The molecule has 0 aliphatic heterocycles. The predicted octanol–water partition coefficient (Wildman–Crippen LogP) is 1.62. The Morgan fingerprint density at radius 3 is 2.19 bits per heavy atom. The number of aromatic nitrogens is 3. The Morgan fingerprint density at radius 2 is 1.61 bits per heavy atom. The molecule has 2 aromatic carbocycles. The zero-order valence-corrected chi connectivity index (χ0v) is 26.0. The molecule has 0 saturated heterocycles. The largest absolute Gasteiger partial charge is 1.00 e. The summed E-state index contributed by atoms with van der Waals surface area (Å²) in [5, 5.41) is 20.1. The molecular formula is C24H27ClKN5O3S2. The molecule has 1 heterocycles. The van der Waals surface area contributed by atoms with Crippen LogP contribution in [0.3, 0.4) is 0 Å². The minimum atomic E-state index is -1.07. The number of aromatic amines is 2. The maximum absolute atomic E-state index is 12.7. The quantitative estimate of drug-likeness (QED) is 0.238. The van der Waals surface area contributed by atoms with Crippen LogP contribution in [0, 0.1) is 23.4 Å². The van der Waals surface area contributed by atoms with Gasteiger partial charge in [-0.3, -0.25) is 19.6 Å². The molecule has 0 fully saturated rings. The summed E-state index contributed by atoms with van der Waals surface area (Å²) in [5.41, 5.74) is 4.40. The van der Waals surface area contributed by atoms with E-state index >= 15 is 0 Å². The SMILES string of the molecule is Cc1cc(Cl)cc(C)c1N(CCCC(=O)[O-])CCCC(=O)Nc1cccc(-n2c(=S)[nH][nH]c2=S)c1.[K+]. The molecule has 12 heteroatoms. The van der Waals surface area contributed by atoms with Crippen LogP contribution in [0.5, 0.6) is 0 Å². The Labute approximate surface area is 267 Å². The van der Waals surface area contributed by atoms with Gasteiger partial charge in [-0.15, -0.1) is 0 Å². The van der Waals surface area contributed by atoms with Crippen molar-refractivity contribution in [3.8, 4) is 5.69 Å². The number of aryl methyl sites for hydroxylation is 2. The van der Waals surface area contributed by atoms with E-state index in [1.807, 2.05) is 38.1 Å². The summed E-state index contributed by atoms with van der Waals surface area (Å²) in [5.74, 6) is -1.19. The van der Waals surface area contributed by atoms with Crippen molar-refractivity contribution in [2.75, 3.05) is 23.3 Å². The van der Waals surface area contributed by atoms with Crippen molar-refractivity contribution in [2.24, 2.45) is 0 Å². The number of halogens is 1. The van der Waals surface area contributed by atoms with Crippen LogP contribution in [-0.4, -0.2) is 39.7 Å². The number of rotatable bonds is 11. The van der Waals surface area contributed by atoms with Crippen LogP contribution in [0.25, 0.3) is 5.69 Å². The molecule has 0 bridgehead atoms. The van der Waals surface area contributed by atoms with E-state index in [1.165, 1.54) is 0 Å². The number of carbonyl (C=O) groups excluding carboxylic acids is 2. The van der Waals surface area contributed by atoms with Crippen LogP contribution in [0.1, 0.15) is 36.8 Å². The Morgan fingerprint density at radius 1 is 1.03 bits per heavy atom. The molecule has 3 N–H and O–H groups in total. The molecule has 36 heavy (non-hydrogen) atoms. The number of carbonyl (C=O) groups is 2. The van der Waals surface area contributed by atoms with Crippen LogP contribution in [0.15, 0.2) is 36.4 Å². The molecule has 3 rings (SSSR count). The van der Waals surface area contributed by atoms with Gasteiger partial charge in [-0.2, -0.15) is 0 Å². The Balaban J connectivity index is 0.00000456. The molecule has 186 valence electrons. The summed E-state index contributed by atoms with van der Waals surface area (Å²) in [6, 6.07) is 11.1. The van der Waals surface area contributed by atoms with Gasteiger partial charge < -0.3 is 20.1 Å². The molecule has 0 aliphatic carbocycles. The number of benzene rings is 2. The fraction of sp³-hybridized carbons (Fsp3) is 0.333. The maximum atomic E-state index is 12.7. The van der Waals surface area contributed by atoms with Crippen molar-refractivity contribution in [3.63, 3.8) is 0 Å². The number of anilines is 2. The van der Waals surface area contributed by atoms with E-state index in [-0.39, 0.29) is 63.7 Å².